The van der Waals surface area contributed by atoms with E-state index in [0.29, 0.717) is 11.8 Å². The molecule has 3 fully saturated rings. The minimum atomic E-state index is 0.702. The van der Waals surface area contributed by atoms with E-state index in [1.807, 2.05) is 0 Å². The molecule has 3 saturated carbocycles. The normalized spacial score (nSPS) is 27.0. The number of rotatable bonds is 4. The van der Waals surface area contributed by atoms with Crippen molar-refractivity contribution in [2.45, 2.75) is 25.7 Å². The molecule has 5 aliphatic carbocycles. The van der Waals surface area contributed by atoms with Crippen LogP contribution in [0.5, 0.6) is 0 Å². The molecule has 0 bridgehead atoms. The number of hydrogen-bond donors (Lipinski definition) is 0. The maximum Gasteiger partial charge on any atom is 0.221 e. The summed E-state index contributed by atoms with van der Waals surface area (Å²) in [6, 6.07) is 32.8. The Hall–Kier alpha value is -5.16. The second-order valence-corrected chi connectivity index (χ2v) is 14.6. The zero-order valence-electron chi connectivity index (χ0n) is 26.0. The average Bonchev–Trinajstić information content (AvgIpc) is 4.02. The van der Waals surface area contributed by atoms with Gasteiger partial charge in [0.15, 0.2) is 0 Å². The summed E-state index contributed by atoms with van der Waals surface area (Å²) in [5.41, 5.74) is 10.4. The lowest BCUT2D eigenvalue weighted by atomic mass is 10.0. The van der Waals surface area contributed by atoms with E-state index in [1.165, 1.54) is 47.8 Å². The van der Waals surface area contributed by atoms with Crippen molar-refractivity contribution < 1.29 is 0 Å². The third kappa shape index (κ3) is 3.49. The number of imidazole rings is 1. The van der Waals surface area contributed by atoms with E-state index in [9.17, 15) is 0 Å². The van der Waals surface area contributed by atoms with Crippen LogP contribution in [0.4, 0.5) is 5.69 Å². The first-order valence-electron chi connectivity index (χ1n) is 17.4. The monoisotopic (exact) mass is 607 g/mol. The molecule has 4 aromatic carbocycles. The summed E-state index contributed by atoms with van der Waals surface area (Å²) < 4.78 is 4.61. The predicted molar refractivity (Wildman–Crippen MR) is 190 cm³/mol. The Labute approximate surface area is 272 Å². The first-order valence-corrected chi connectivity index (χ1v) is 17.4. The van der Waals surface area contributed by atoms with Gasteiger partial charge in [-0.05, 0) is 110 Å². The van der Waals surface area contributed by atoms with Gasteiger partial charge in [-0.1, -0.05) is 60.7 Å². The SMILES string of the molecule is C1=CC(N(C2=CC3CC3C3CC23)c2ccc3c(c2)c2ccccc2n3-c2nc3ccccc3c3nc4ccccc4n23)=CC2CC2C1. The Kier molecular flexibility index (Phi) is 4.68. The van der Waals surface area contributed by atoms with Gasteiger partial charge in [-0.2, -0.15) is 0 Å². The quantitative estimate of drug-likeness (QED) is 0.200. The van der Waals surface area contributed by atoms with Crippen LogP contribution in [0.2, 0.25) is 0 Å². The Bertz CT molecular complexity index is 2600. The number of allylic oxidation sites excluding steroid dienone is 5. The van der Waals surface area contributed by atoms with Gasteiger partial charge in [0.25, 0.3) is 0 Å². The number of nitrogens with zero attached hydrogens (tertiary/aromatic N) is 5. The molecule has 226 valence electrons. The highest BCUT2D eigenvalue weighted by Gasteiger charge is 2.58. The summed E-state index contributed by atoms with van der Waals surface area (Å²) in [5.74, 6) is 5.73. The van der Waals surface area contributed by atoms with Crippen LogP contribution < -0.4 is 4.90 Å². The number of hydrogen-bond acceptors (Lipinski definition) is 3. The van der Waals surface area contributed by atoms with Crippen LogP contribution in [-0.2, 0) is 0 Å². The summed E-state index contributed by atoms with van der Waals surface area (Å²) in [6.07, 6.45) is 15.4. The lowest BCUT2D eigenvalue weighted by Crippen LogP contribution is -2.24. The first-order chi connectivity index (χ1) is 23.3. The van der Waals surface area contributed by atoms with E-state index in [2.05, 4.69) is 129 Å². The van der Waals surface area contributed by atoms with Crippen LogP contribution in [0.3, 0.4) is 0 Å². The standard InChI is InChI=1S/C42H33N5/c1-3-12-35-30(11-1)41-43-36-13-4-6-15-39(36)47(41)42(44-35)46-37-14-5-2-10-29(37)33-22-28(16-17-38(33)46)45(27-9-7-8-24-18-25(24)19-27)40-21-26-20-31(26)32-23-34(32)40/h1-7,9-17,19,21-22,24-26,31-32,34H,8,18,20,23H2. The number of anilines is 1. The van der Waals surface area contributed by atoms with E-state index in [-0.39, 0.29) is 0 Å². The van der Waals surface area contributed by atoms with Crippen LogP contribution in [0, 0.1) is 35.5 Å². The highest BCUT2D eigenvalue weighted by molar-refractivity contribution is 6.10. The molecule has 0 radical (unpaired) electrons. The molecule has 5 heteroatoms. The molecule has 47 heavy (non-hydrogen) atoms. The lowest BCUT2D eigenvalue weighted by molar-refractivity contribution is 0.607. The van der Waals surface area contributed by atoms with Crippen molar-refractivity contribution in [3.05, 3.63) is 127 Å². The van der Waals surface area contributed by atoms with Crippen LogP contribution in [0.1, 0.15) is 25.7 Å². The third-order valence-corrected chi connectivity index (χ3v) is 11.9. The van der Waals surface area contributed by atoms with Gasteiger partial charge < -0.3 is 4.90 Å². The van der Waals surface area contributed by atoms with Gasteiger partial charge in [0.2, 0.25) is 5.95 Å². The summed E-state index contributed by atoms with van der Waals surface area (Å²) in [6.45, 7) is 0. The topological polar surface area (TPSA) is 38.4 Å². The summed E-state index contributed by atoms with van der Waals surface area (Å²) in [7, 11) is 0. The van der Waals surface area contributed by atoms with Crippen molar-refractivity contribution in [2.75, 3.05) is 4.90 Å². The molecule has 12 rings (SSSR count). The number of aromatic nitrogens is 4. The van der Waals surface area contributed by atoms with Gasteiger partial charge >= 0.3 is 0 Å². The number of fused-ring (bicyclic) bond motifs is 12. The van der Waals surface area contributed by atoms with E-state index in [4.69, 9.17) is 9.97 Å². The molecule has 6 atom stereocenters. The van der Waals surface area contributed by atoms with E-state index < -0.39 is 0 Å². The molecule has 6 unspecified atom stereocenters. The Morgan fingerprint density at radius 1 is 0.660 bits per heavy atom. The molecule has 0 aliphatic heterocycles. The van der Waals surface area contributed by atoms with Gasteiger partial charge in [-0.3, -0.25) is 8.97 Å². The van der Waals surface area contributed by atoms with Crippen LogP contribution in [-0.4, -0.2) is 18.9 Å². The van der Waals surface area contributed by atoms with Gasteiger partial charge in [0, 0.05) is 39.2 Å². The van der Waals surface area contributed by atoms with Gasteiger partial charge in [0.05, 0.1) is 27.6 Å². The Morgan fingerprint density at radius 2 is 1.47 bits per heavy atom. The van der Waals surface area contributed by atoms with Crippen molar-refractivity contribution in [3.63, 3.8) is 0 Å². The molecule has 7 aromatic rings. The van der Waals surface area contributed by atoms with Gasteiger partial charge in [0.1, 0.15) is 5.65 Å². The van der Waals surface area contributed by atoms with Gasteiger partial charge in [-0.15, -0.1) is 0 Å². The largest absolute Gasteiger partial charge is 0.315 e. The molecule has 3 heterocycles. The smallest absolute Gasteiger partial charge is 0.221 e. The highest BCUT2D eigenvalue weighted by atomic mass is 15.2. The second kappa shape index (κ2) is 8.80. The molecule has 0 saturated heterocycles. The minimum Gasteiger partial charge on any atom is -0.315 e. The van der Waals surface area contributed by atoms with E-state index in [0.717, 1.165) is 68.2 Å². The van der Waals surface area contributed by atoms with Crippen LogP contribution in [0.25, 0.3) is 55.3 Å². The van der Waals surface area contributed by atoms with E-state index in [1.54, 1.807) is 5.70 Å². The van der Waals surface area contributed by atoms with Crippen molar-refractivity contribution >= 4 is 55.1 Å². The van der Waals surface area contributed by atoms with Crippen LogP contribution >= 0.6 is 0 Å². The minimum absolute atomic E-state index is 0.702. The molecule has 3 aromatic heterocycles. The van der Waals surface area contributed by atoms with Crippen molar-refractivity contribution in [1.82, 2.24) is 18.9 Å². The molecule has 0 amide bonds. The fourth-order valence-electron chi connectivity index (χ4n) is 9.30. The number of para-hydroxylation sites is 4. The fraction of sp³-hybridized carbons (Fsp3) is 0.238. The Morgan fingerprint density at radius 3 is 2.40 bits per heavy atom. The average molecular weight is 608 g/mol. The number of benzene rings is 4. The molecule has 5 aliphatic rings. The fourth-order valence-corrected chi connectivity index (χ4v) is 9.30. The molecule has 0 N–H and O–H groups in total. The van der Waals surface area contributed by atoms with Crippen molar-refractivity contribution in [3.8, 4) is 5.95 Å². The maximum absolute atomic E-state index is 5.37. The lowest BCUT2D eigenvalue weighted by Gasteiger charge is -2.31. The van der Waals surface area contributed by atoms with Crippen molar-refractivity contribution in [1.29, 1.82) is 0 Å². The first kappa shape index (κ1) is 25.0. The third-order valence-electron chi connectivity index (χ3n) is 11.9. The zero-order chi connectivity index (χ0) is 30.4. The zero-order valence-corrected chi connectivity index (χ0v) is 26.0. The summed E-state index contributed by atoms with van der Waals surface area (Å²) in [4.78, 5) is 13.2. The Balaban J connectivity index is 1.13. The molecular formula is C42H33N5. The molecule has 5 nitrogen and oxygen atoms in total. The molecule has 0 spiro atoms. The highest BCUT2D eigenvalue weighted by Crippen LogP contribution is 2.66. The van der Waals surface area contributed by atoms with Crippen molar-refractivity contribution in [2.24, 2.45) is 35.5 Å². The van der Waals surface area contributed by atoms with E-state index >= 15 is 0 Å². The second-order valence-electron chi connectivity index (χ2n) is 14.6. The summed E-state index contributed by atoms with van der Waals surface area (Å²) in [5, 5.41) is 3.56. The summed E-state index contributed by atoms with van der Waals surface area (Å²) >= 11 is 0. The predicted octanol–water partition coefficient (Wildman–Crippen LogP) is 9.59. The van der Waals surface area contributed by atoms with Crippen LogP contribution in [0.15, 0.2) is 127 Å². The van der Waals surface area contributed by atoms with Gasteiger partial charge in [-0.25, -0.2) is 9.97 Å². The maximum atomic E-state index is 5.37. The molecular weight excluding hydrogens is 574 g/mol.